The van der Waals surface area contributed by atoms with E-state index in [1.54, 1.807) is 55.1 Å². The predicted molar refractivity (Wildman–Crippen MR) is 98.7 cm³/mol. The highest BCUT2D eigenvalue weighted by atomic mass is 32.1. The first-order chi connectivity index (χ1) is 12.1. The molecule has 25 heavy (non-hydrogen) atoms. The van der Waals surface area contributed by atoms with Crippen LogP contribution in [0.15, 0.2) is 52.5 Å². The molecule has 0 bridgehead atoms. The Morgan fingerprint density at radius 2 is 1.88 bits per heavy atom. The van der Waals surface area contributed by atoms with Gasteiger partial charge in [-0.2, -0.15) is 11.3 Å². The standard InChI is InChI=1S/C18H16N2O3S2/c1-20(2)17(21)15(12-6-4-3-5-7-12)23-18(22)14-11-25-16(19-14)13-8-9-24-10-13/h3-11,15H,1-2H3. The number of thiazole rings is 1. The molecular weight excluding hydrogens is 356 g/mol. The topological polar surface area (TPSA) is 59.5 Å². The summed E-state index contributed by atoms with van der Waals surface area (Å²) in [5.41, 5.74) is 1.81. The highest BCUT2D eigenvalue weighted by molar-refractivity contribution is 7.14. The fourth-order valence-electron chi connectivity index (χ4n) is 2.18. The van der Waals surface area contributed by atoms with Crippen LogP contribution in [0.5, 0.6) is 0 Å². The number of likely N-dealkylation sites (N-methyl/N-ethyl adjacent to an activating group) is 1. The van der Waals surface area contributed by atoms with E-state index in [1.165, 1.54) is 16.2 Å². The number of amides is 1. The maximum Gasteiger partial charge on any atom is 0.358 e. The van der Waals surface area contributed by atoms with Gasteiger partial charge in [-0.1, -0.05) is 30.3 Å². The van der Waals surface area contributed by atoms with Crippen molar-refractivity contribution in [2.75, 3.05) is 14.1 Å². The van der Waals surface area contributed by atoms with Crippen molar-refractivity contribution in [3.8, 4) is 10.6 Å². The zero-order chi connectivity index (χ0) is 17.8. The monoisotopic (exact) mass is 372 g/mol. The van der Waals surface area contributed by atoms with Crippen molar-refractivity contribution in [3.63, 3.8) is 0 Å². The van der Waals surface area contributed by atoms with Crippen molar-refractivity contribution in [1.82, 2.24) is 9.88 Å². The first-order valence-electron chi connectivity index (χ1n) is 7.51. The van der Waals surface area contributed by atoms with Gasteiger partial charge < -0.3 is 9.64 Å². The van der Waals surface area contributed by atoms with E-state index in [1.807, 2.05) is 22.9 Å². The summed E-state index contributed by atoms with van der Waals surface area (Å²) in [5, 5.41) is 6.33. The molecule has 0 saturated heterocycles. The minimum Gasteiger partial charge on any atom is -0.443 e. The van der Waals surface area contributed by atoms with E-state index in [2.05, 4.69) is 4.98 Å². The fourth-order valence-corrected chi connectivity index (χ4v) is 3.68. The molecule has 2 heterocycles. The Morgan fingerprint density at radius 1 is 1.12 bits per heavy atom. The first kappa shape index (κ1) is 17.3. The normalized spacial score (nSPS) is 11.8. The molecule has 0 fully saturated rings. The van der Waals surface area contributed by atoms with Gasteiger partial charge in [0.15, 0.2) is 5.69 Å². The van der Waals surface area contributed by atoms with E-state index >= 15 is 0 Å². The number of esters is 1. The minimum atomic E-state index is -0.991. The maximum atomic E-state index is 12.5. The average molecular weight is 372 g/mol. The van der Waals surface area contributed by atoms with Gasteiger partial charge in [0.25, 0.3) is 5.91 Å². The van der Waals surface area contributed by atoms with Crippen molar-refractivity contribution in [2.24, 2.45) is 0 Å². The number of hydrogen-bond acceptors (Lipinski definition) is 6. The predicted octanol–water partition coefficient (Wildman–Crippen LogP) is 3.86. The number of rotatable bonds is 5. The summed E-state index contributed by atoms with van der Waals surface area (Å²) in [6.07, 6.45) is -0.991. The number of carbonyl (C=O) groups is 2. The van der Waals surface area contributed by atoms with E-state index in [-0.39, 0.29) is 11.6 Å². The quantitative estimate of drug-likeness (QED) is 0.638. The van der Waals surface area contributed by atoms with Crippen LogP contribution in [0.2, 0.25) is 0 Å². The lowest BCUT2D eigenvalue weighted by Gasteiger charge is -2.20. The number of thiophene rings is 1. The molecule has 0 radical (unpaired) electrons. The smallest absolute Gasteiger partial charge is 0.358 e. The van der Waals surface area contributed by atoms with Crippen LogP contribution >= 0.6 is 22.7 Å². The Balaban J connectivity index is 1.82. The highest BCUT2D eigenvalue weighted by Crippen LogP contribution is 2.27. The lowest BCUT2D eigenvalue weighted by Crippen LogP contribution is -2.31. The summed E-state index contributed by atoms with van der Waals surface area (Å²) in [7, 11) is 3.26. The van der Waals surface area contributed by atoms with Gasteiger partial charge in [-0.3, -0.25) is 4.79 Å². The van der Waals surface area contributed by atoms with Crippen molar-refractivity contribution < 1.29 is 14.3 Å². The van der Waals surface area contributed by atoms with Gasteiger partial charge in [-0.15, -0.1) is 11.3 Å². The molecule has 0 saturated carbocycles. The van der Waals surface area contributed by atoms with Crippen LogP contribution in [-0.2, 0) is 9.53 Å². The maximum absolute atomic E-state index is 12.5. The van der Waals surface area contributed by atoms with Gasteiger partial charge in [-0.05, 0) is 11.4 Å². The van der Waals surface area contributed by atoms with Gasteiger partial charge in [0.05, 0.1) is 0 Å². The Hall–Kier alpha value is -2.51. The highest BCUT2D eigenvalue weighted by Gasteiger charge is 2.28. The van der Waals surface area contributed by atoms with Crippen LogP contribution in [0, 0.1) is 0 Å². The Labute approximate surface area is 153 Å². The summed E-state index contributed by atoms with van der Waals surface area (Å²) in [5.74, 6) is -0.908. The van der Waals surface area contributed by atoms with Crippen LogP contribution in [0.3, 0.4) is 0 Å². The molecule has 3 aromatic rings. The molecule has 0 spiro atoms. The van der Waals surface area contributed by atoms with E-state index in [0.717, 1.165) is 10.6 Å². The average Bonchev–Trinajstić information content (AvgIpc) is 3.30. The van der Waals surface area contributed by atoms with Crippen LogP contribution in [0.4, 0.5) is 0 Å². The summed E-state index contributed by atoms with van der Waals surface area (Å²) in [6.45, 7) is 0. The van der Waals surface area contributed by atoms with Crippen molar-refractivity contribution >= 4 is 34.6 Å². The van der Waals surface area contributed by atoms with Gasteiger partial charge in [0, 0.05) is 36.0 Å². The largest absolute Gasteiger partial charge is 0.443 e. The molecule has 0 N–H and O–H groups in total. The van der Waals surface area contributed by atoms with E-state index in [9.17, 15) is 9.59 Å². The lowest BCUT2D eigenvalue weighted by molar-refractivity contribution is -0.138. The summed E-state index contributed by atoms with van der Waals surface area (Å²) >= 11 is 2.94. The summed E-state index contributed by atoms with van der Waals surface area (Å²) in [4.78, 5) is 30.7. The molecule has 1 amide bonds. The summed E-state index contributed by atoms with van der Waals surface area (Å²) < 4.78 is 5.49. The molecule has 0 aliphatic carbocycles. The van der Waals surface area contributed by atoms with E-state index < -0.39 is 12.1 Å². The second kappa shape index (κ2) is 7.58. The van der Waals surface area contributed by atoms with Gasteiger partial charge in [-0.25, -0.2) is 9.78 Å². The molecule has 1 unspecified atom stereocenters. The SMILES string of the molecule is CN(C)C(=O)C(OC(=O)c1csc(-c2ccsc2)n1)c1ccccc1. The van der Waals surface area contributed by atoms with E-state index in [4.69, 9.17) is 4.74 Å². The fraction of sp³-hybridized carbons (Fsp3) is 0.167. The first-order valence-corrected chi connectivity index (χ1v) is 9.33. The van der Waals surface area contributed by atoms with Crippen molar-refractivity contribution in [1.29, 1.82) is 0 Å². The van der Waals surface area contributed by atoms with Crippen LogP contribution in [-0.4, -0.2) is 35.9 Å². The summed E-state index contributed by atoms with van der Waals surface area (Å²) in [6, 6.07) is 10.9. The van der Waals surface area contributed by atoms with Crippen molar-refractivity contribution in [3.05, 3.63) is 63.8 Å². The molecule has 0 aliphatic heterocycles. The number of hydrogen-bond donors (Lipinski definition) is 0. The number of carbonyl (C=O) groups excluding carboxylic acids is 2. The molecule has 1 aromatic carbocycles. The number of benzene rings is 1. The van der Waals surface area contributed by atoms with Gasteiger partial charge >= 0.3 is 5.97 Å². The lowest BCUT2D eigenvalue weighted by atomic mass is 10.1. The van der Waals surface area contributed by atoms with Crippen LogP contribution in [0.1, 0.15) is 22.2 Å². The Bertz CT molecular complexity index is 858. The Kier molecular flexibility index (Phi) is 5.25. The Morgan fingerprint density at radius 3 is 2.52 bits per heavy atom. The third kappa shape index (κ3) is 3.94. The second-order valence-corrected chi connectivity index (χ2v) is 7.12. The van der Waals surface area contributed by atoms with Crippen molar-refractivity contribution in [2.45, 2.75) is 6.10 Å². The molecule has 2 aromatic heterocycles. The molecular formula is C18H16N2O3S2. The number of nitrogens with zero attached hydrogens (tertiary/aromatic N) is 2. The van der Waals surface area contributed by atoms with Crippen LogP contribution < -0.4 is 0 Å². The molecule has 0 aliphatic rings. The molecule has 128 valence electrons. The minimum absolute atomic E-state index is 0.207. The van der Waals surface area contributed by atoms with Crippen LogP contribution in [0.25, 0.3) is 10.6 Å². The third-order valence-electron chi connectivity index (χ3n) is 3.47. The molecule has 7 heteroatoms. The van der Waals surface area contributed by atoms with Gasteiger partial charge in [0.2, 0.25) is 6.10 Å². The molecule has 5 nitrogen and oxygen atoms in total. The molecule has 3 rings (SSSR count). The third-order valence-corrected chi connectivity index (χ3v) is 5.05. The second-order valence-electron chi connectivity index (χ2n) is 5.48. The number of ether oxygens (including phenoxy) is 1. The van der Waals surface area contributed by atoms with Gasteiger partial charge in [0.1, 0.15) is 5.01 Å². The zero-order valence-electron chi connectivity index (χ0n) is 13.7. The number of aromatic nitrogens is 1. The molecule has 1 atom stereocenters. The van der Waals surface area contributed by atoms with E-state index in [0.29, 0.717) is 5.56 Å². The zero-order valence-corrected chi connectivity index (χ0v) is 15.3.